The van der Waals surface area contributed by atoms with E-state index in [-0.39, 0.29) is 25.6 Å². The van der Waals surface area contributed by atoms with Crippen molar-refractivity contribution in [1.82, 2.24) is 19.9 Å². The third kappa shape index (κ3) is 5.90. The number of nitrogens with two attached hydrogens (primary N) is 1. The minimum Gasteiger partial charge on any atom is -0.473 e. The van der Waals surface area contributed by atoms with Crippen molar-refractivity contribution in [3.8, 4) is 11.8 Å². The number of halogens is 3. The second kappa shape index (κ2) is 10.1. The summed E-state index contributed by atoms with van der Waals surface area (Å²) in [7, 11) is 0. The Labute approximate surface area is 197 Å². The number of pyridine rings is 1. The second-order valence-electron chi connectivity index (χ2n) is 7.66. The van der Waals surface area contributed by atoms with Gasteiger partial charge in [-0.25, -0.2) is 19.7 Å². The van der Waals surface area contributed by atoms with E-state index in [2.05, 4.69) is 19.7 Å². The normalized spacial score (nSPS) is 13.2. The van der Waals surface area contributed by atoms with Gasteiger partial charge in [0.15, 0.2) is 0 Å². The summed E-state index contributed by atoms with van der Waals surface area (Å²) in [6.07, 6.45) is -3.31. The van der Waals surface area contributed by atoms with E-state index in [1.54, 1.807) is 36.4 Å². The molecule has 0 saturated carbocycles. The number of hydrogen-bond donors (Lipinski definition) is 1. The van der Waals surface area contributed by atoms with Gasteiger partial charge in [-0.1, -0.05) is 18.2 Å². The molecule has 0 radical (unpaired) electrons. The molecule has 35 heavy (non-hydrogen) atoms. The van der Waals surface area contributed by atoms with Crippen molar-refractivity contribution in [2.45, 2.75) is 32.3 Å². The Morgan fingerprint density at radius 2 is 1.91 bits per heavy atom. The Balaban J connectivity index is 1.43. The molecular weight excluding hydrogens is 467 g/mol. The summed E-state index contributed by atoms with van der Waals surface area (Å²) >= 11 is 0. The average molecular weight is 487 g/mol. The van der Waals surface area contributed by atoms with Crippen molar-refractivity contribution in [3.63, 3.8) is 0 Å². The van der Waals surface area contributed by atoms with Gasteiger partial charge in [0.05, 0.1) is 17.9 Å². The molecule has 3 aromatic rings. The smallest absolute Gasteiger partial charge is 0.473 e. The van der Waals surface area contributed by atoms with E-state index in [0.717, 1.165) is 11.1 Å². The molecule has 0 bridgehead atoms. The van der Waals surface area contributed by atoms with Gasteiger partial charge in [-0.15, -0.1) is 0 Å². The molecule has 182 valence electrons. The van der Waals surface area contributed by atoms with Gasteiger partial charge in [-0.2, -0.15) is 13.2 Å². The number of esters is 1. The first-order valence-electron chi connectivity index (χ1n) is 10.5. The van der Waals surface area contributed by atoms with Crippen molar-refractivity contribution in [2.24, 2.45) is 5.73 Å². The highest BCUT2D eigenvalue weighted by atomic mass is 19.4. The van der Waals surface area contributed by atoms with Crippen LogP contribution in [0.25, 0.3) is 0 Å². The van der Waals surface area contributed by atoms with Crippen LogP contribution in [0.5, 0.6) is 11.8 Å². The van der Waals surface area contributed by atoms with E-state index in [1.165, 1.54) is 17.3 Å². The molecule has 2 aromatic heterocycles. The van der Waals surface area contributed by atoms with Gasteiger partial charge < -0.3 is 20.1 Å². The molecule has 0 spiro atoms. The highest BCUT2D eigenvalue weighted by Crippen LogP contribution is 2.24. The van der Waals surface area contributed by atoms with Crippen LogP contribution in [0.15, 0.2) is 48.8 Å². The number of amides is 1. The van der Waals surface area contributed by atoms with Gasteiger partial charge in [-0.3, -0.25) is 4.79 Å². The van der Waals surface area contributed by atoms with Crippen LogP contribution in [-0.4, -0.2) is 44.4 Å². The van der Waals surface area contributed by atoms with Gasteiger partial charge in [-0.05, 0) is 29.7 Å². The summed E-state index contributed by atoms with van der Waals surface area (Å²) in [5.74, 6) is -2.74. The fourth-order valence-electron chi connectivity index (χ4n) is 3.47. The second-order valence-corrected chi connectivity index (χ2v) is 7.66. The Kier molecular flexibility index (Phi) is 6.92. The third-order valence-corrected chi connectivity index (χ3v) is 5.22. The topological polar surface area (TPSA) is 121 Å². The zero-order valence-electron chi connectivity index (χ0n) is 18.3. The van der Waals surface area contributed by atoms with Crippen LogP contribution < -0.4 is 15.2 Å². The van der Waals surface area contributed by atoms with E-state index in [9.17, 15) is 22.8 Å². The number of fused-ring (bicyclic) bond motifs is 1. The van der Waals surface area contributed by atoms with Crippen molar-refractivity contribution >= 4 is 11.9 Å². The number of ether oxygens (including phenoxy) is 2. The largest absolute Gasteiger partial charge is 0.491 e. The third-order valence-electron chi connectivity index (χ3n) is 5.22. The Morgan fingerprint density at radius 1 is 1.09 bits per heavy atom. The van der Waals surface area contributed by atoms with E-state index in [0.29, 0.717) is 35.8 Å². The Bertz CT molecular complexity index is 1250. The van der Waals surface area contributed by atoms with Gasteiger partial charge in [0.1, 0.15) is 12.9 Å². The first kappa shape index (κ1) is 24.1. The molecule has 1 aliphatic heterocycles. The van der Waals surface area contributed by atoms with Crippen LogP contribution in [0.2, 0.25) is 0 Å². The molecule has 12 heteroatoms. The summed E-state index contributed by atoms with van der Waals surface area (Å²) in [5, 5.41) is 0. The highest BCUT2D eigenvalue weighted by molar-refractivity contribution is 5.94. The van der Waals surface area contributed by atoms with Crippen LogP contribution >= 0.6 is 0 Å². The average Bonchev–Trinajstić information content (AvgIpc) is 2.86. The molecule has 1 aromatic carbocycles. The summed E-state index contributed by atoms with van der Waals surface area (Å²) in [6.45, 7) is 0.886. The van der Waals surface area contributed by atoms with Crippen molar-refractivity contribution < 1.29 is 32.2 Å². The molecular formula is C23H20F3N5O4. The quantitative estimate of drug-likeness (QED) is 0.527. The molecule has 0 aliphatic carbocycles. The van der Waals surface area contributed by atoms with Gasteiger partial charge in [0, 0.05) is 30.8 Å². The lowest BCUT2D eigenvalue weighted by molar-refractivity contribution is -0.190. The Hall–Kier alpha value is -4.06. The van der Waals surface area contributed by atoms with E-state index in [1.807, 2.05) is 0 Å². The van der Waals surface area contributed by atoms with Gasteiger partial charge in [0.25, 0.3) is 5.91 Å². The minimum atomic E-state index is -5.13. The van der Waals surface area contributed by atoms with Crippen LogP contribution in [-0.2, 0) is 30.9 Å². The molecule has 4 rings (SSSR count). The van der Waals surface area contributed by atoms with Crippen LogP contribution in [0.3, 0.4) is 0 Å². The van der Waals surface area contributed by atoms with Gasteiger partial charge in [0.2, 0.25) is 11.8 Å². The van der Waals surface area contributed by atoms with E-state index < -0.39 is 18.0 Å². The maximum absolute atomic E-state index is 13.1. The molecule has 0 fully saturated rings. The number of rotatable bonds is 6. The first-order chi connectivity index (χ1) is 16.7. The molecule has 2 N–H and O–H groups in total. The summed E-state index contributed by atoms with van der Waals surface area (Å²) in [6, 6.07) is 11.3. The summed E-state index contributed by atoms with van der Waals surface area (Å²) in [4.78, 5) is 37.8. The minimum absolute atomic E-state index is 0.0646. The standard InChI is InChI=1S/C23H20F3N5O4/c24-23(25,26)22(33)35-19-5-4-15-6-7-31(11-18(15)30-19)21(32)16-3-1-2-14(8-16)12-34-20-9-17(10-27)28-13-29-20/h1-5,8-9,13H,6-7,10-12,27H2. The molecule has 9 nitrogen and oxygen atoms in total. The maximum Gasteiger partial charge on any atom is 0.491 e. The van der Waals surface area contributed by atoms with Crippen LogP contribution in [0.1, 0.15) is 32.9 Å². The molecule has 1 amide bonds. The maximum atomic E-state index is 13.1. The zero-order valence-corrected chi connectivity index (χ0v) is 18.3. The number of carbonyl (C=O) groups is 2. The fourth-order valence-corrected chi connectivity index (χ4v) is 3.47. The zero-order chi connectivity index (χ0) is 25.0. The molecule has 0 saturated heterocycles. The first-order valence-corrected chi connectivity index (χ1v) is 10.5. The van der Waals surface area contributed by atoms with Crippen molar-refractivity contribution in [1.29, 1.82) is 0 Å². The number of alkyl halides is 3. The summed E-state index contributed by atoms with van der Waals surface area (Å²) in [5.41, 5.74) is 8.49. The number of carbonyl (C=O) groups excluding carboxylic acids is 2. The Morgan fingerprint density at radius 3 is 2.69 bits per heavy atom. The summed E-state index contributed by atoms with van der Waals surface area (Å²) < 4.78 is 47.4. The fraction of sp³-hybridized carbons (Fsp3) is 0.261. The van der Waals surface area contributed by atoms with Gasteiger partial charge >= 0.3 is 12.1 Å². The lowest BCUT2D eigenvalue weighted by atomic mass is 10.0. The predicted octanol–water partition coefficient (Wildman–Crippen LogP) is 2.58. The highest BCUT2D eigenvalue weighted by Gasteiger charge is 2.41. The van der Waals surface area contributed by atoms with E-state index >= 15 is 0 Å². The number of aromatic nitrogens is 3. The van der Waals surface area contributed by atoms with Crippen LogP contribution in [0, 0.1) is 0 Å². The lowest BCUT2D eigenvalue weighted by Crippen LogP contribution is -2.36. The molecule has 1 aliphatic rings. The molecule has 0 unspecified atom stereocenters. The van der Waals surface area contributed by atoms with Crippen molar-refractivity contribution in [3.05, 3.63) is 76.9 Å². The number of nitrogens with zero attached hydrogens (tertiary/aromatic N) is 4. The lowest BCUT2D eigenvalue weighted by Gasteiger charge is -2.28. The molecule has 3 heterocycles. The molecule has 0 atom stereocenters. The predicted molar refractivity (Wildman–Crippen MR) is 115 cm³/mol. The van der Waals surface area contributed by atoms with Crippen molar-refractivity contribution in [2.75, 3.05) is 6.54 Å². The number of benzene rings is 1. The monoisotopic (exact) mass is 487 g/mol. The van der Waals surface area contributed by atoms with Crippen LogP contribution in [0.4, 0.5) is 13.2 Å². The number of hydrogen-bond acceptors (Lipinski definition) is 8. The SMILES string of the molecule is NCc1cc(OCc2cccc(C(=O)N3CCc4ccc(OC(=O)C(F)(F)F)nc4C3)c2)ncn1. The van der Waals surface area contributed by atoms with E-state index in [4.69, 9.17) is 10.5 Å².